The van der Waals surface area contributed by atoms with Crippen LogP contribution >= 0.6 is 0 Å². The Labute approximate surface area is 116 Å². The zero-order valence-corrected chi connectivity index (χ0v) is 11.4. The monoisotopic (exact) mass is 293 g/mol. The number of anilines is 1. The molecule has 0 aliphatic rings. The van der Waals surface area contributed by atoms with Gasteiger partial charge in [0.1, 0.15) is 5.82 Å². The fourth-order valence-corrected chi connectivity index (χ4v) is 2.53. The zero-order chi connectivity index (χ0) is 14.8. The van der Waals surface area contributed by atoms with Crippen molar-refractivity contribution in [3.05, 3.63) is 59.9 Å². The molecule has 0 radical (unpaired) electrons. The van der Waals surface area contributed by atoms with Crippen LogP contribution in [0.1, 0.15) is 10.4 Å². The maximum absolute atomic E-state index is 12.8. The Morgan fingerprint density at radius 1 is 1.05 bits per heavy atom. The standard InChI is InChI=1S/C14H12FNO3S/c1-20(18,19)13-5-3-2-4-12(13)16-14(17)10-6-8-11(15)9-7-10/h2-9H,1H3,(H,16,17). The fourth-order valence-electron chi connectivity index (χ4n) is 1.69. The van der Waals surface area contributed by atoms with Crippen LogP contribution in [0.25, 0.3) is 0 Å². The molecule has 20 heavy (non-hydrogen) atoms. The second kappa shape index (κ2) is 5.42. The van der Waals surface area contributed by atoms with Crippen molar-refractivity contribution in [2.75, 3.05) is 11.6 Å². The first kappa shape index (κ1) is 14.2. The summed E-state index contributed by atoms with van der Waals surface area (Å²) in [6.45, 7) is 0. The van der Waals surface area contributed by atoms with Crippen LogP contribution in [0, 0.1) is 5.82 Å². The summed E-state index contributed by atoms with van der Waals surface area (Å²) in [5.41, 5.74) is 0.444. The van der Waals surface area contributed by atoms with E-state index in [0.29, 0.717) is 0 Å². The molecular weight excluding hydrogens is 281 g/mol. The summed E-state index contributed by atoms with van der Waals surface area (Å²) in [7, 11) is -3.44. The summed E-state index contributed by atoms with van der Waals surface area (Å²) in [5.74, 6) is -0.945. The molecule has 0 saturated carbocycles. The number of hydrogen-bond donors (Lipinski definition) is 1. The number of benzene rings is 2. The van der Waals surface area contributed by atoms with E-state index in [9.17, 15) is 17.6 Å². The van der Waals surface area contributed by atoms with Crippen LogP contribution in [-0.4, -0.2) is 20.6 Å². The van der Waals surface area contributed by atoms with Crippen LogP contribution in [0.15, 0.2) is 53.4 Å². The number of sulfone groups is 1. The third-order valence-electron chi connectivity index (χ3n) is 2.64. The largest absolute Gasteiger partial charge is 0.321 e. The molecule has 0 aromatic heterocycles. The molecule has 4 nitrogen and oxygen atoms in total. The van der Waals surface area contributed by atoms with E-state index in [0.717, 1.165) is 18.4 Å². The highest BCUT2D eigenvalue weighted by atomic mass is 32.2. The third kappa shape index (κ3) is 3.21. The maximum atomic E-state index is 12.8. The first-order valence-corrected chi connectivity index (χ1v) is 7.63. The molecule has 0 bridgehead atoms. The summed E-state index contributed by atoms with van der Waals surface area (Å²) in [4.78, 5) is 12.0. The SMILES string of the molecule is CS(=O)(=O)c1ccccc1NC(=O)c1ccc(F)cc1. The van der Waals surface area contributed by atoms with Gasteiger partial charge >= 0.3 is 0 Å². The van der Waals surface area contributed by atoms with Gasteiger partial charge in [-0.1, -0.05) is 12.1 Å². The highest BCUT2D eigenvalue weighted by Gasteiger charge is 2.15. The van der Waals surface area contributed by atoms with E-state index in [1.165, 1.54) is 24.3 Å². The average molecular weight is 293 g/mol. The number of para-hydroxylation sites is 1. The van der Waals surface area contributed by atoms with Crippen LogP contribution in [0.2, 0.25) is 0 Å². The molecular formula is C14H12FNO3S. The van der Waals surface area contributed by atoms with Crippen LogP contribution in [0.3, 0.4) is 0 Å². The van der Waals surface area contributed by atoms with Gasteiger partial charge in [-0.3, -0.25) is 4.79 Å². The molecule has 1 N–H and O–H groups in total. The van der Waals surface area contributed by atoms with Gasteiger partial charge in [-0.25, -0.2) is 12.8 Å². The molecule has 0 aliphatic carbocycles. The van der Waals surface area contributed by atoms with Gasteiger partial charge in [-0.2, -0.15) is 0 Å². The number of halogens is 1. The van der Waals surface area contributed by atoms with Gasteiger partial charge in [0.25, 0.3) is 5.91 Å². The Balaban J connectivity index is 2.31. The van der Waals surface area contributed by atoms with Crippen molar-refractivity contribution in [1.82, 2.24) is 0 Å². The Bertz CT molecular complexity index is 739. The summed E-state index contributed by atoms with van der Waals surface area (Å²) in [6, 6.07) is 11.1. The zero-order valence-electron chi connectivity index (χ0n) is 10.6. The third-order valence-corrected chi connectivity index (χ3v) is 3.80. The van der Waals surface area contributed by atoms with E-state index >= 15 is 0 Å². The Hall–Kier alpha value is -2.21. The molecule has 0 atom stereocenters. The summed E-state index contributed by atoms with van der Waals surface area (Å²) < 4.78 is 36.0. The van der Waals surface area contributed by atoms with Crippen molar-refractivity contribution >= 4 is 21.4 Å². The van der Waals surface area contributed by atoms with Gasteiger partial charge in [0.05, 0.1) is 10.6 Å². The first-order valence-electron chi connectivity index (χ1n) is 5.74. The van der Waals surface area contributed by atoms with E-state index in [2.05, 4.69) is 5.32 Å². The number of carbonyl (C=O) groups is 1. The molecule has 0 unspecified atom stereocenters. The van der Waals surface area contributed by atoms with Gasteiger partial charge < -0.3 is 5.32 Å². The van der Waals surface area contributed by atoms with Crippen LogP contribution in [0.5, 0.6) is 0 Å². The Morgan fingerprint density at radius 3 is 2.25 bits per heavy atom. The molecule has 2 rings (SSSR count). The van der Waals surface area contributed by atoms with Crippen molar-refractivity contribution in [1.29, 1.82) is 0 Å². The van der Waals surface area contributed by atoms with Crippen molar-refractivity contribution in [3.63, 3.8) is 0 Å². The minimum Gasteiger partial charge on any atom is -0.321 e. The lowest BCUT2D eigenvalue weighted by molar-refractivity contribution is 0.102. The lowest BCUT2D eigenvalue weighted by Crippen LogP contribution is -2.14. The molecule has 0 saturated heterocycles. The van der Waals surface area contributed by atoms with Crippen molar-refractivity contribution < 1.29 is 17.6 Å². The lowest BCUT2D eigenvalue weighted by Gasteiger charge is -2.09. The second-order valence-corrected chi connectivity index (χ2v) is 6.21. The van der Waals surface area contributed by atoms with Crippen molar-refractivity contribution in [2.45, 2.75) is 4.90 Å². The highest BCUT2D eigenvalue weighted by Crippen LogP contribution is 2.21. The van der Waals surface area contributed by atoms with E-state index in [1.54, 1.807) is 12.1 Å². The Morgan fingerprint density at radius 2 is 1.65 bits per heavy atom. The number of rotatable bonds is 3. The topological polar surface area (TPSA) is 63.2 Å². The number of carbonyl (C=O) groups excluding carboxylic acids is 1. The summed E-state index contributed by atoms with van der Waals surface area (Å²) in [6.07, 6.45) is 1.07. The molecule has 2 aromatic carbocycles. The minimum absolute atomic E-state index is 0.0375. The molecule has 2 aromatic rings. The number of amides is 1. The summed E-state index contributed by atoms with van der Waals surface area (Å²) in [5, 5.41) is 2.51. The summed E-state index contributed by atoms with van der Waals surface area (Å²) >= 11 is 0. The van der Waals surface area contributed by atoms with Crippen LogP contribution < -0.4 is 5.32 Å². The van der Waals surface area contributed by atoms with Gasteiger partial charge in [0, 0.05) is 11.8 Å². The smallest absolute Gasteiger partial charge is 0.255 e. The maximum Gasteiger partial charge on any atom is 0.255 e. The number of hydrogen-bond acceptors (Lipinski definition) is 3. The molecule has 0 heterocycles. The average Bonchev–Trinajstić information content (AvgIpc) is 2.38. The fraction of sp³-hybridized carbons (Fsp3) is 0.0714. The van der Waals surface area contributed by atoms with E-state index < -0.39 is 21.6 Å². The van der Waals surface area contributed by atoms with E-state index in [-0.39, 0.29) is 16.1 Å². The second-order valence-electron chi connectivity index (χ2n) is 4.23. The Kier molecular flexibility index (Phi) is 3.85. The van der Waals surface area contributed by atoms with Gasteiger partial charge in [0.15, 0.2) is 9.84 Å². The number of nitrogens with one attached hydrogen (secondary N) is 1. The van der Waals surface area contributed by atoms with E-state index in [1.807, 2.05) is 0 Å². The molecule has 0 aliphatic heterocycles. The predicted molar refractivity (Wildman–Crippen MR) is 73.9 cm³/mol. The highest BCUT2D eigenvalue weighted by molar-refractivity contribution is 7.90. The minimum atomic E-state index is -3.44. The molecule has 6 heteroatoms. The van der Waals surface area contributed by atoms with Gasteiger partial charge in [-0.05, 0) is 36.4 Å². The van der Waals surface area contributed by atoms with Crippen molar-refractivity contribution in [2.24, 2.45) is 0 Å². The quantitative estimate of drug-likeness (QED) is 0.945. The van der Waals surface area contributed by atoms with Crippen molar-refractivity contribution in [3.8, 4) is 0 Å². The molecule has 1 amide bonds. The molecule has 0 spiro atoms. The van der Waals surface area contributed by atoms with Gasteiger partial charge in [-0.15, -0.1) is 0 Å². The normalized spacial score (nSPS) is 11.1. The first-order chi connectivity index (χ1) is 9.38. The predicted octanol–water partition coefficient (Wildman–Crippen LogP) is 2.48. The van der Waals surface area contributed by atoms with Crippen LogP contribution in [0.4, 0.5) is 10.1 Å². The molecule has 104 valence electrons. The van der Waals surface area contributed by atoms with Gasteiger partial charge in [0.2, 0.25) is 0 Å². The van der Waals surface area contributed by atoms with E-state index in [4.69, 9.17) is 0 Å². The van der Waals surface area contributed by atoms with Crippen LogP contribution in [-0.2, 0) is 9.84 Å². The molecule has 0 fully saturated rings. The lowest BCUT2D eigenvalue weighted by atomic mass is 10.2.